The molecule has 0 radical (unpaired) electrons. The number of cyclic esters (lactones) is 1. The van der Waals surface area contributed by atoms with Gasteiger partial charge in [0.05, 0.1) is 7.11 Å². The van der Waals surface area contributed by atoms with E-state index in [1.165, 1.54) is 0 Å². The van der Waals surface area contributed by atoms with Crippen LogP contribution in [0.3, 0.4) is 0 Å². The van der Waals surface area contributed by atoms with E-state index in [9.17, 15) is 9.59 Å². The molecule has 182 valence electrons. The molecule has 0 saturated carbocycles. The first-order valence-corrected chi connectivity index (χ1v) is 11.6. The van der Waals surface area contributed by atoms with Gasteiger partial charge < -0.3 is 18.6 Å². The van der Waals surface area contributed by atoms with E-state index in [0.29, 0.717) is 23.8 Å². The number of hydrogen-bond acceptors (Lipinski definition) is 7. The van der Waals surface area contributed by atoms with Crippen molar-refractivity contribution < 1.29 is 28.2 Å². The van der Waals surface area contributed by atoms with E-state index in [2.05, 4.69) is 10.3 Å². The average molecular weight is 477 g/mol. The van der Waals surface area contributed by atoms with Crippen LogP contribution in [0.5, 0.6) is 11.5 Å². The average Bonchev–Trinajstić information content (AvgIpc) is 3.40. The fourth-order valence-corrected chi connectivity index (χ4v) is 3.74. The monoisotopic (exact) mass is 476 g/mol. The first-order chi connectivity index (χ1) is 17.0. The number of carbonyl (C=O) groups excluding carboxylic acids is 2. The molecule has 0 spiro atoms. The normalized spacial score (nSPS) is 14.2. The maximum absolute atomic E-state index is 11.4. The third kappa shape index (κ3) is 6.29. The number of ether oxygens (including phenoxy) is 3. The summed E-state index contributed by atoms with van der Waals surface area (Å²) in [5, 5.41) is 2.09. The van der Waals surface area contributed by atoms with Gasteiger partial charge in [0.15, 0.2) is 17.3 Å². The SMILES string of the molecule is COc1cc(CCCCCC=C2OC(=O)NC2=O)ccc1OCc1nc(-c2ccccc2)oc1C. The van der Waals surface area contributed by atoms with E-state index in [1.54, 1.807) is 13.2 Å². The van der Waals surface area contributed by atoms with E-state index in [1.807, 2.05) is 55.5 Å². The molecule has 3 aromatic rings. The lowest BCUT2D eigenvalue weighted by Gasteiger charge is -2.12. The van der Waals surface area contributed by atoms with Crippen LogP contribution in [0.4, 0.5) is 4.79 Å². The van der Waals surface area contributed by atoms with Crippen LogP contribution in [0.2, 0.25) is 0 Å². The quantitative estimate of drug-likeness (QED) is 0.288. The molecular formula is C27H28N2O6. The number of oxazole rings is 1. The van der Waals surface area contributed by atoms with E-state index in [0.717, 1.165) is 48.3 Å². The lowest BCUT2D eigenvalue weighted by Crippen LogP contribution is -2.18. The Balaban J connectivity index is 1.26. The van der Waals surface area contributed by atoms with Gasteiger partial charge in [-0.3, -0.25) is 10.1 Å². The Hall–Kier alpha value is -4.07. The molecule has 8 heteroatoms. The van der Waals surface area contributed by atoms with Crippen LogP contribution >= 0.6 is 0 Å². The molecule has 0 aliphatic carbocycles. The van der Waals surface area contributed by atoms with Gasteiger partial charge in [-0.05, 0) is 68.5 Å². The van der Waals surface area contributed by atoms with Crippen LogP contribution < -0.4 is 14.8 Å². The highest BCUT2D eigenvalue weighted by Gasteiger charge is 2.25. The number of alkyl carbamates (subject to hydrolysis) is 1. The van der Waals surface area contributed by atoms with E-state index in [4.69, 9.17) is 18.6 Å². The molecule has 2 amide bonds. The Bertz CT molecular complexity index is 1220. The van der Waals surface area contributed by atoms with Crippen LogP contribution in [0.1, 0.15) is 42.7 Å². The number of amides is 2. The molecular weight excluding hydrogens is 448 g/mol. The second-order valence-electron chi connectivity index (χ2n) is 8.17. The molecule has 8 nitrogen and oxygen atoms in total. The molecule has 4 rings (SSSR count). The molecule has 1 aliphatic heterocycles. The molecule has 1 aliphatic rings. The number of rotatable bonds is 11. The second kappa shape index (κ2) is 11.4. The van der Waals surface area contributed by atoms with Crippen LogP contribution in [0.25, 0.3) is 11.5 Å². The summed E-state index contributed by atoms with van der Waals surface area (Å²) in [4.78, 5) is 27.0. The number of nitrogens with one attached hydrogen (secondary N) is 1. The molecule has 1 aromatic heterocycles. The maximum Gasteiger partial charge on any atom is 0.419 e. The highest BCUT2D eigenvalue weighted by Crippen LogP contribution is 2.30. The number of benzene rings is 2. The Labute approximate surface area is 203 Å². The molecule has 0 atom stereocenters. The zero-order valence-electron chi connectivity index (χ0n) is 19.8. The van der Waals surface area contributed by atoms with Crippen molar-refractivity contribution in [2.75, 3.05) is 7.11 Å². The molecule has 1 N–H and O–H groups in total. The van der Waals surface area contributed by atoms with Crippen molar-refractivity contribution in [1.82, 2.24) is 10.3 Å². The minimum Gasteiger partial charge on any atom is -0.493 e. The number of nitrogens with zero attached hydrogens (tertiary/aromatic N) is 1. The van der Waals surface area contributed by atoms with Gasteiger partial charge in [-0.1, -0.05) is 30.7 Å². The standard InChI is InChI=1S/C27H28N2O6/c1-18-21(28-26(34-18)20-11-7-5-8-12-20)17-33-22-15-14-19(16-24(22)32-2)10-6-3-4-9-13-23-25(30)29-27(31)35-23/h5,7-8,11-16H,3-4,6,9-10,17H2,1-2H3,(H,29,30,31). The van der Waals surface area contributed by atoms with Crippen molar-refractivity contribution >= 4 is 12.0 Å². The minimum absolute atomic E-state index is 0.0902. The Morgan fingerprint density at radius 2 is 1.86 bits per heavy atom. The summed E-state index contributed by atoms with van der Waals surface area (Å²) in [6.45, 7) is 2.16. The highest BCUT2D eigenvalue weighted by molar-refractivity contribution is 6.07. The summed E-state index contributed by atoms with van der Waals surface area (Å²) in [6.07, 6.45) is 5.39. The first-order valence-electron chi connectivity index (χ1n) is 11.6. The van der Waals surface area contributed by atoms with Crippen molar-refractivity contribution in [3.8, 4) is 23.0 Å². The van der Waals surface area contributed by atoms with Crippen molar-refractivity contribution in [3.63, 3.8) is 0 Å². The lowest BCUT2D eigenvalue weighted by atomic mass is 10.1. The predicted molar refractivity (Wildman–Crippen MR) is 129 cm³/mol. The van der Waals surface area contributed by atoms with Gasteiger partial charge in [0.25, 0.3) is 5.91 Å². The minimum atomic E-state index is -0.712. The summed E-state index contributed by atoms with van der Waals surface area (Å²) < 4.78 is 22.1. The number of carbonyl (C=O) groups is 2. The highest BCUT2D eigenvalue weighted by atomic mass is 16.6. The van der Waals surface area contributed by atoms with Crippen LogP contribution in [-0.2, 0) is 22.6 Å². The third-order valence-corrected chi connectivity index (χ3v) is 5.65. The summed E-state index contributed by atoms with van der Waals surface area (Å²) in [7, 11) is 1.63. The number of aromatic nitrogens is 1. The number of allylic oxidation sites excluding steroid dienone is 1. The molecule has 2 heterocycles. The predicted octanol–water partition coefficient (Wildman–Crippen LogP) is 5.49. The largest absolute Gasteiger partial charge is 0.493 e. The molecule has 0 unspecified atom stereocenters. The molecule has 35 heavy (non-hydrogen) atoms. The zero-order valence-corrected chi connectivity index (χ0v) is 19.8. The summed E-state index contributed by atoms with van der Waals surface area (Å²) >= 11 is 0. The third-order valence-electron chi connectivity index (χ3n) is 5.65. The van der Waals surface area contributed by atoms with Crippen molar-refractivity contribution in [2.24, 2.45) is 0 Å². The summed E-state index contributed by atoms with van der Waals surface area (Å²) in [6, 6.07) is 15.7. The van der Waals surface area contributed by atoms with Gasteiger partial charge in [0, 0.05) is 5.56 Å². The van der Waals surface area contributed by atoms with Crippen LogP contribution in [0, 0.1) is 6.92 Å². The molecule has 1 fully saturated rings. The topological polar surface area (TPSA) is 99.9 Å². The smallest absolute Gasteiger partial charge is 0.419 e. The maximum atomic E-state index is 11.4. The van der Waals surface area contributed by atoms with E-state index >= 15 is 0 Å². The number of methoxy groups -OCH3 is 1. The van der Waals surface area contributed by atoms with Gasteiger partial charge in [-0.2, -0.15) is 0 Å². The molecule has 0 bridgehead atoms. The number of imide groups is 1. The molecule has 1 saturated heterocycles. The van der Waals surface area contributed by atoms with E-state index in [-0.39, 0.29) is 12.4 Å². The van der Waals surface area contributed by atoms with Crippen molar-refractivity contribution in [2.45, 2.75) is 45.6 Å². The fraction of sp³-hybridized carbons (Fsp3) is 0.296. The Morgan fingerprint density at radius 1 is 1.03 bits per heavy atom. The fourth-order valence-electron chi connectivity index (χ4n) is 3.74. The number of aryl methyl sites for hydroxylation is 2. The van der Waals surface area contributed by atoms with Crippen molar-refractivity contribution in [3.05, 3.63) is 77.4 Å². The van der Waals surface area contributed by atoms with Crippen LogP contribution in [0.15, 0.2) is 64.8 Å². The van der Waals surface area contributed by atoms with Crippen LogP contribution in [-0.4, -0.2) is 24.1 Å². The van der Waals surface area contributed by atoms with E-state index < -0.39 is 12.0 Å². The van der Waals surface area contributed by atoms with Gasteiger partial charge in [-0.25, -0.2) is 9.78 Å². The number of hydrogen-bond donors (Lipinski definition) is 1. The second-order valence-corrected chi connectivity index (χ2v) is 8.17. The molecule has 2 aromatic carbocycles. The van der Waals surface area contributed by atoms with Gasteiger partial charge in [-0.15, -0.1) is 0 Å². The van der Waals surface area contributed by atoms with Gasteiger partial charge >= 0.3 is 6.09 Å². The summed E-state index contributed by atoms with van der Waals surface area (Å²) in [5.41, 5.74) is 2.82. The summed E-state index contributed by atoms with van der Waals surface area (Å²) in [5.74, 6) is 2.24. The van der Waals surface area contributed by atoms with Crippen molar-refractivity contribution in [1.29, 1.82) is 0 Å². The zero-order chi connectivity index (χ0) is 24.6. The number of unbranched alkanes of at least 4 members (excludes halogenated alkanes) is 3. The Kier molecular flexibility index (Phi) is 7.82. The first kappa shape index (κ1) is 24.1. The lowest BCUT2D eigenvalue weighted by molar-refractivity contribution is -0.116. The van der Waals surface area contributed by atoms with Gasteiger partial charge in [0.2, 0.25) is 5.89 Å². The Morgan fingerprint density at radius 3 is 2.60 bits per heavy atom. The van der Waals surface area contributed by atoms with Gasteiger partial charge in [0.1, 0.15) is 18.1 Å².